The Balaban J connectivity index is 2.03. The third-order valence-corrected chi connectivity index (χ3v) is 4.80. The molecule has 2 rings (SSSR count). The Morgan fingerprint density at radius 3 is 2.42 bits per heavy atom. The fourth-order valence-electron chi connectivity index (χ4n) is 2.26. The highest BCUT2D eigenvalue weighted by Crippen LogP contribution is 2.17. The van der Waals surface area contributed by atoms with Crippen molar-refractivity contribution in [3.8, 4) is 0 Å². The van der Waals surface area contributed by atoms with Crippen LogP contribution in [0.2, 0.25) is 0 Å². The van der Waals surface area contributed by atoms with Crippen LogP contribution in [0, 0.1) is 10.1 Å². The predicted octanol–water partition coefficient (Wildman–Crippen LogP) is 2.89. The summed E-state index contributed by atoms with van der Waals surface area (Å²) in [5.74, 6) is -0.365. The van der Waals surface area contributed by atoms with Crippen molar-refractivity contribution < 1.29 is 18.1 Å². The molecular weight excluding hydrogens is 356 g/mol. The standard InChI is InChI=1S/C18H18N2O5S/c1-13(15-7-9-17(10-8-15)26(2,24)25)19-18(21)11-6-14-4-3-5-16(12-14)20(22)23/h3-13H,1-2H3,(H,19,21)/b11-6+/t13-/m1/s1. The Kier molecular flexibility index (Phi) is 5.89. The van der Waals surface area contributed by atoms with Gasteiger partial charge in [-0.15, -0.1) is 0 Å². The first-order valence-electron chi connectivity index (χ1n) is 7.70. The van der Waals surface area contributed by atoms with Gasteiger partial charge in [-0.2, -0.15) is 0 Å². The number of nitro groups is 1. The molecule has 0 spiro atoms. The molecule has 0 aliphatic rings. The first-order valence-corrected chi connectivity index (χ1v) is 9.59. The number of hydrogen-bond acceptors (Lipinski definition) is 5. The summed E-state index contributed by atoms with van der Waals surface area (Å²) >= 11 is 0. The molecule has 0 saturated heterocycles. The Labute approximate surface area is 151 Å². The molecule has 26 heavy (non-hydrogen) atoms. The summed E-state index contributed by atoms with van der Waals surface area (Å²) in [6.45, 7) is 1.77. The molecule has 7 nitrogen and oxygen atoms in total. The monoisotopic (exact) mass is 374 g/mol. The minimum Gasteiger partial charge on any atom is -0.346 e. The number of benzene rings is 2. The molecule has 0 heterocycles. The molecule has 0 aliphatic carbocycles. The van der Waals surface area contributed by atoms with Crippen molar-refractivity contribution in [3.05, 3.63) is 75.8 Å². The number of hydrogen-bond donors (Lipinski definition) is 1. The van der Waals surface area contributed by atoms with E-state index in [4.69, 9.17) is 0 Å². The van der Waals surface area contributed by atoms with Crippen molar-refractivity contribution in [1.29, 1.82) is 0 Å². The fourth-order valence-corrected chi connectivity index (χ4v) is 2.89. The van der Waals surface area contributed by atoms with E-state index in [1.165, 1.54) is 36.4 Å². The number of amides is 1. The largest absolute Gasteiger partial charge is 0.346 e. The van der Waals surface area contributed by atoms with E-state index in [-0.39, 0.29) is 22.5 Å². The minimum atomic E-state index is -3.26. The fraction of sp³-hybridized carbons (Fsp3) is 0.167. The second kappa shape index (κ2) is 7.92. The molecule has 2 aromatic carbocycles. The van der Waals surface area contributed by atoms with Gasteiger partial charge < -0.3 is 5.32 Å². The quantitative estimate of drug-likeness (QED) is 0.475. The van der Waals surface area contributed by atoms with E-state index in [2.05, 4.69) is 5.32 Å². The third-order valence-electron chi connectivity index (χ3n) is 3.68. The zero-order chi connectivity index (χ0) is 19.3. The van der Waals surface area contributed by atoms with Crippen LogP contribution in [0.25, 0.3) is 6.08 Å². The first-order chi connectivity index (χ1) is 12.2. The number of nitrogens with one attached hydrogen (secondary N) is 1. The van der Waals surface area contributed by atoms with Crippen molar-refractivity contribution >= 4 is 27.5 Å². The molecule has 0 unspecified atom stereocenters. The van der Waals surface area contributed by atoms with Gasteiger partial charge in [0.25, 0.3) is 5.69 Å². The van der Waals surface area contributed by atoms with Gasteiger partial charge in [0.05, 0.1) is 15.9 Å². The molecule has 2 aromatic rings. The van der Waals surface area contributed by atoms with Crippen LogP contribution < -0.4 is 5.32 Å². The van der Waals surface area contributed by atoms with Crippen LogP contribution in [0.15, 0.2) is 59.5 Å². The Bertz CT molecular complexity index is 950. The second-order valence-electron chi connectivity index (χ2n) is 5.76. The number of rotatable bonds is 6. The van der Waals surface area contributed by atoms with E-state index in [1.807, 2.05) is 0 Å². The molecule has 0 aromatic heterocycles. The lowest BCUT2D eigenvalue weighted by Gasteiger charge is -2.13. The van der Waals surface area contributed by atoms with E-state index in [1.54, 1.807) is 31.2 Å². The summed E-state index contributed by atoms with van der Waals surface area (Å²) in [7, 11) is -3.26. The second-order valence-corrected chi connectivity index (χ2v) is 7.77. The van der Waals surface area contributed by atoms with E-state index in [0.717, 1.165) is 11.8 Å². The molecule has 8 heteroatoms. The summed E-state index contributed by atoms with van der Waals surface area (Å²) < 4.78 is 22.9. The van der Waals surface area contributed by atoms with E-state index < -0.39 is 14.8 Å². The molecule has 0 radical (unpaired) electrons. The van der Waals surface area contributed by atoms with Crippen LogP contribution in [0.4, 0.5) is 5.69 Å². The molecule has 0 fully saturated rings. The maximum atomic E-state index is 12.0. The highest BCUT2D eigenvalue weighted by molar-refractivity contribution is 7.90. The normalized spacial score (nSPS) is 12.7. The van der Waals surface area contributed by atoms with Gasteiger partial charge >= 0.3 is 0 Å². The summed E-state index contributed by atoms with van der Waals surface area (Å²) in [6, 6.07) is 11.9. The lowest BCUT2D eigenvalue weighted by Crippen LogP contribution is -2.24. The van der Waals surface area contributed by atoms with Crippen LogP contribution in [-0.2, 0) is 14.6 Å². The molecule has 1 N–H and O–H groups in total. The summed E-state index contributed by atoms with van der Waals surface area (Å²) in [5.41, 5.74) is 1.25. The Morgan fingerprint density at radius 2 is 1.85 bits per heavy atom. The van der Waals surface area contributed by atoms with E-state index >= 15 is 0 Å². The molecular formula is C18H18N2O5S. The average Bonchev–Trinajstić information content (AvgIpc) is 2.59. The molecule has 0 aliphatic heterocycles. The number of carbonyl (C=O) groups excluding carboxylic acids is 1. The zero-order valence-electron chi connectivity index (χ0n) is 14.2. The van der Waals surface area contributed by atoms with E-state index in [9.17, 15) is 23.3 Å². The molecule has 136 valence electrons. The van der Waals surface area contributed by atoms with Crippen LogP contribution >= 0.6 is 0 Å². The van der Waals surface area contributed by atoms with Crippen molar-refractivity contribution in [2.75, 3.05) is 6.26 Å². The van der Waals surface area contributed by atoms with Crippen molar-refractivity contribution in [1.82, 2.24) is 5.32 Å². The molecule has 1 amide bonds. The lowest BCUT2D eigenvalue weighted by molar-refractivity contribution is -0.384. The Morgan fingerprint density at radius 1 is 1.19 bits per heavy atom. The highest BCUT2D eigenvalue weighted by atomic mass is 32.2. The molecule has 0 saturated carbocycles. The predicted molar refractivity (Wildman–Crippen MR) is 98.2 cm³/mol. The Hall–Kier alpha value is -3.00. The van der Waals surface area contributed by atoms with Crippen molar-refractivity contribution in [2.45, 2.75) is 17.9 Å². The van der Waals surface area contributed by atoms with Crippen LogP contribution in [0.1, 0.15) is 24.1 Å². The van der Waals surface area contributed by atoms with Gasteiger partial charge in [-0.25, -0.2) is 8.42 Å². The first kappa shape index (κ1) is 19.3. The van der Waals surface area contributed by atoms with Crippen molar-refractivity contribution in [2.24, 2.45) is 0 Å². The lowest BCUT2D eigenvalue weighted by atomic mass is 10.1. The zero-order valence-corrected chi connectivity index (χ0v) is 15.1. The minimum absolute atomic E-state index is 0.0492. The number of nitrogens with zero attached hydrogens (tertiary/aromatic N) is 1. The molecule has 1 atom stereocenters. The van der Waals surface area contributed by atoms with Gasteiger partial charge in [0.1, 0.15) is 0 Å². The highest BCUT2D eigenvalue weighted by Gasteiger charge is 2.11. The van der Waals surface area contributed by atoms with Gasteiger partial charge in [-0.3, -0.25) is 14.9 Å². The maximum absolute atomic E-state index is 12.0. The SMILES string of the molecule is C[C@@H](NC(=O)/C=C/c1cccc([N+](=O)[O-])c1)c1ccc(S(C)(=O)=O)cc1. The number of carbonyl (C=O) groups is 1. The average molecular weight is 374 g/mol. The van der Waals surface area contributed by atoms with Gasteiger partial charge in [0.15, 0.2) is 9.84 Å². The smallest absolute Gasteiger partial charge is 0.270 e. The summed E-state index contributed by atoms with van der Waals surface area (Å²) in [6.07, 6.45) is 3.91. The maximum Gasteiger partial charge on any atom is 0.270 e. The topological polar surface area (TPSA) is 106 Å². The molecule has 0 bridgehead atoms. The van der Waals surface area contributed by atoms with Gasteiger partial charge in [-0.1, -0.05) is 24.3 Å². The van der Waals surface area contributed by atoms with Crippen molar-refractivity contribution in [3.63, 3.8) is 0 Å². The van der Waals surface area contributed by atoms with Crippen LogP contribution in [0.3, 0.4) is 0 Å². The van der Waals surface area contributed by atoms with Gasteiger partial charge in [-0.05, 0) is 36.3 Å². The number of sulfone groups is 1. The van der Waals surface area contributed by atoms with Gasteiger partial charge in [0.2, 0.25) is 5.91 Å². The number of non-ortho nitro benzene ring substituents is 1. The van der Waals surface area contributed by atoms with E-state index in [0.29, 0.717) is 5.56 Å². The third kappa shape index (κ3) is 5.25. The number of nitro benzene ring substituents is 1. The van der Waals surface area contributed by atoms with Gasteiger partial charge in [0, 0.05) is 24.5 Å². The summed E-state index contributed by atoms with van der Waals surface area (Å²) in [5, 5.41) is 13.5. The van der Waals surface area contributed by atoms with Crippen LogP contribution in [-0.4, -0.2) is 25.5 Å². The van der Waals surface area contributed by atoms with Crippen LogP contribution in [0.5, 0.6) is 0 Å². The summed E-state index contributed by atoms with van der Waals surface area (Å²) in [4.78, 5) is 22.5.